The highest BCUT2D eigenvalue weighted by atomic mass is 16.2. The number of pyridine rings is 2. The van der Waals surface area contributed by atoms with Gasteiger partial charge in [0.15, 0.2) is 0 Å². The predicted octanol–water partition coefficient (Wildman–Crippen LogP) is 4.21. The zero-order valence-electron chi connectivity index (χ0n) is 16.3. The average Bonchev–Trinajstić information content (AvgIpc) is 2.65. The van der Waals surface area contributed by atoms with Crippen LogP contribution in [0.3, 0.4) is 0 Å². The van der Waals surface area contributed by atoms with Gasteiger partial charge in [-0.15, -0.1) is 0 Å². The third-order valence-corrected chi connectivity index (χ3v) is 4.37. The molecule has 0 aliphatic heterocycles. The van der Waals surface area contributed by atoms with E-state index in [4.69, 9.17) is 0 Å². The van der Waals surface area contributed by atoms with Crippen molar-refractivity contribution in [2.45, 2.75) is 27.7 Å². The first kappa shape index (κ1) is 19.2. The number of hydrogen-bond acceptors (Lipinski definition) is 4. The molecule has 0 spiro atoms. The summed E-state index contributed by atoms with van der Waals surface area (Å²) in [5.41, 5.74) is 5.17. The van der Waals surface area contributed by atoms with Gasteiger partial charge in [0, 0.05) is 11.4 Å². The van der Waals surface area contributed by atoms with Gasteiger partial charge in [-0.25, -0.2) is 9.97 Å². The molecule has 0 unspecified atom stereocenters. The van der Waals surface area contributed by atoms with E-state index in [-0.39, 0.29) is 11.8 Å². The van der Waals surface area contributed by atoms with Crippen LogP contribution in [-0.2, 0) is 0 Å². The maximum Gasteiger partial charge on any atom is 0.274 e. The minimum absolute atomic E-state index is 0.316. The molecule has 0 aliphatic carbocycles. The molecule has 142 valence electrons. The summed E-state index contributed by atoms with van der Waals surface area (Å²) < 4.78 is 0. The quantitative estimate of drug-likeness (QED) is 0.716. The average molecular weight is 374 g/mol. The van der Waals surface area contributed by atoms with Crippen LogP contribution in [0.5, 0.6) is 0 Å². The van der Waals surface area contributed by atoms with Crippen LogP contribution in [0.2, 0.25) is 0 Å². The summed E-state index contributed by atoms with van der Waals surface area (Å²) in [5, 5.41) is 5.71. The number of carbonyl (C=O) groups is 2. The van der Waals surface area contributed by atoms with Gasteiger partial charge in [0.05, 0.1) is 11.4 Å². The maximum absolute atomic E-state index is 12.6. The fourth-order valence-corrected chi connectivity index (χ4v) is 2.73. The van der Waals surface area contributed by atoms with E-state index in [0.29, 0.717) is 22.8 Å². The van der Waals surface area contributed by atoms with E-state index >= 15 is 0 Å². The smallest absolute Gasteiger partial charge is 0.274 e. The van der Waals surface area contributed by atoms with Gasteiger partial charge in [0.1, 0.15) is 11.4 Å². The Balaban J connectivity index is 1.90. The van der Waals surface area contributed by atoms with Crippen LogP contribution in [0.15, 0.2) is 48.5 Å². The Labute approximate surface area is 164 Å². The summed E-state index contributed by atoms with van der Waals surface area (Å²) in [6.45, 7) is 7.55. The number of amides is 2. The third-order valence-electron chi connectivity index (χ3n) is 4.37. The number of aryl methyl sites for hydroxylation is 4. The van der Waals surface area contributed by atoms with Gasteiger partial charge in [-0.3, -0.25) is 9.59 Å². The topological polar surface area (TPSA) is 84.0 Å². The Hall–Kier alpha value is -3.54. The Morgan fingerprint density at radius 3 is 1.43 bits per heavy atom. The summed E-state index contributed by atoms with van der Waals surface area (Å²) in [5.74, 6) is -0.674. The Bertz CT molecular complexity index is 976. The molecule has 2 aromatic heterocycles. The van der Waals surface area contributed by atoms with E-state index in [2.05, 4.69) is 20.6 Å². The van der Waals surface area contributed by atoms with Crippen LogP contribution < -0.4 is 10.6 Å². The monoisotopic (exact) mass is 374 g/mol. The molecule has 1 aromatic carbocycles. The van der Waals surface area contributed by atoms with Gasteiger partial charge >= 0.3 is 0 Å². The second kappa shape index (κ2) is 8.00. The maximum atomic E-state index is 12.6. The first-order valence-electron chi connectivity index (χ1n) is 8.95. The molecule has 0 atom stereocenters. The largest absolute Gasteiger partial charge is 0.319 e. The molecule has 2 amide bonds. The van der Waals surface area contributed by atoms with Crippen molar-refractivity contribution in [2.24, 2.45) is 0 Å². The standard InChI is InChI=1S/C22H22N4O2/c1-13-11-19(25-21(27)17-9-5-7-15(3)23-17)20(12-14(13)2)26-22(28)18-10-6-8-16(4)24-18/h5-12H,1-4H3,(H,25,27)(H,26,28). The highest BCUT2D eigenvalue weighted by Gasteiger charge is 2.15. The van der Waals surface area contributed by atoms with Crippen molar-refractivity contribution >= 4 is 23.2 Å². The molecule has 0 bridgehead atoms. The zero-order valence-corrected chi connectivity index (χ0v) is 16.3. The van der Waals surface area contributed by atoms with Crippen LogP contribution in [0, 0.1) is 27.7 Å². The van der Waals surface area contributed by atoms with Crippen molar-refractivity contribution < 1.29 is 9.59 Å². The van der Waals surface area contributed by atoms with Crippen molar-refractivity contribution in [3.8, 4) is 0 Å². The molecule has 6 nitrogen and oxygen atoms in total. The number of nitrogens with zero attached hydrogens (tertiary/aromatic N) is 2. The van der Waals surface area contributed by atoms with Gasteiger partial charge < -0.3 is 10.6 Å². The number of carbonyl (C=O) groups excluding carboxylic acids is 2. The minimum atomic E-state index is -0.337. The summed E-state index contributed by atoms with van der Waals surface area (Å²) in [6, 6.07) is 14.2. The number of benzene rings is 1. The summed E-state index contributed by atoms with van der Waals surface area (Å²) in [6.07, 6.45) is 0. The van der Waals surface area contributed by atoms with Crippen molar-refractivity contribution in [3.63, 3.8) is 0 Å². The summed E-state index contributed by atoms with van der Waals surface area (Å²) in [7, 11) is 0. The first-order chi connectivity index (χ1) is 13.3. The molecule has 0 radical (unpaired) electrons. The van der Waals surface area contributed by atoms with Crippen molar-refractivity contribution in [1.29, 1.82) is 0 Å². The second-order valence-electron chi connectivity index (χ2n) is 6.72. The van der Waals surface area contributed by atoms with E-state index < -0.39 is 0 Å². The fourth-order valence-electron chi connectivity index (χ4n) is 2.73. The molecule has 0 saturated carbocycles. The molecule has 6 heteroatoms. The SMILES string of the molecule is Cc1cccc(C(=O)Nc2cc(C)c(C)cc2NC(=O)c2cccc(C)n2)n1. The van der Waals surface area contributed by atoms with Crippen LogP contribution >= 0.6 is 0 Å². The van der Waals surface area contributed by atoms with Gasteiger partial charge in [-0.2, -0.15) is 0 Å². The van der Waals surface area contributed by atoms with Crippen LogP contribution in [-0.4, -0.2) is 21.8 Å². The number of aromatic nitrogens is 2. The number of nitrogens with one attached hydrogen (secondary N) is 2. The third kappa shape index (κ3) is 4.40. The second-order valence-corrected chi connectivity index (χ2v) is 6.72. The Morgan fingerprint density at radius 2 is 1.07 bits per heavy atom. The number of rotatable bonds is 4. The van der Waals surface area contributed by atoms with Crippen molar-refractivity contribution in [3.05, 3.63) is 82.4 Å². The van der Waals surface area contributed by atoms with E-state index in [1.807, 2.05) is 52.0 Å². The van der Waals surface area contributed by atoms with Gasteiger partial charge in [-0.05, 0) is 75.2 Å². The highest BCUT2D eigenvalue weighted by Crippen LogP contribution is 2.27. The molecule has 3 rings (SSSR count). The summed E-state index contributed by atoms with van der Waals surface area (Å²) >= 11 is 0. The zero-order chi connectivity index (χ0) is 20.3. The molecule has 0 saturated heterocycles. The molecule has 0 fully saturated rings. The lowest BCUT2D eigenvalue weighted by molar-refractivity contribution is 0.101. The Morgan fingerprint density at radius 1 is 0.679 bits per heavy atom. The fraction of sp³-hybridized carbons (Fsp3) is 0.182. The predicted molar refractivity (Wildman–Crippen MR) is 110 cm³/mol. The van der Waals surface area contributed by atoms with E-state index in [1.165, 1.54) is 0 Å². The van der Waals surface area contributed by atoms with Crippen molar-refractivity contribution in [1.82, 2.24) is 9.97 Å². The molecular formula is C22H22N4O2. The lowest BCUT2D eigenvalue weighted by Crippen LogP contribution is -2.19. The molecule has 2 N–H and O–H groups in total. The van der Waals surface area contributed by atoms with Crippen molar-refractivity contribution in [2.75, 3.05) is 10.6 Å². The number of anilines is 2. The summed E-state index contributed by atoms with van der Waals surface area (Å²) in [4.78, 5) is 33.7. The molecule has 3 aromatic rings. The molecule has 2 heterocycles. The minimum Gasteiger partial charge on any atom is -0.319 e. The Kier molecular flexibility index (Phi) is 5.49. The van der Waals surface area contributed by atoms with Gasteiger partial charge in [0.2, 0.25) is 0 Å². The first-order valence-corrected chi connectivity index (χ1v) is 8.95. The lowest BCUT2D eigenvalue weighted by Gasteiger charge is -2.15. The normalized spacial score (nSPS) is 10.4. The van der Waals surface area contributed by atoms with E-state index in [9.17, 15) is 9.59 Å². The van der Waals surface area contributed by atoms with Crippen LogP contribution in [0.1, 0.15) is 43.5 Å². The van der Waals surface area contributed by atoms with Gasteiger partial charge in [-0.1, -0.05) is 12.1 Å². The lowest BCUT2D eigenvalue weighted by atomic mass is 10.1. The van der Waals surface area contributed by atoms with E-state index in [0.717, 1.165) is 22.5 Å². The van der Waals surface area contributed by atoms with Gasteiger partial charge in [0.25, 0.3) is 11.8 Å². The molecule has 28 heavy (non-hydrogen) atoms. The van der Waals surface area contributed by atoms with Crippen LogP contribution in [0.25, 0.3) is 0 Å². The number of hydrogen-bond donors (Lipinski definition) is 2. The highest BCUT2D eigenvalue weighted by molar-refractivity contribution is 6.09. The molecular weight excluding hydrogens is 352 g/mol. The van der Waals surface area contributed by atoms with Crippen LogP contribution in [0.4, 0.5) is 11.4 Å². The molecule has 0 aliphatic rings. The van der Waals surface area contributed by atoms with E-state index in [1.54, 1.807) is 24.3 Å².